The molecule has 2 atom stereocenters. The van der Waals surface area contributed by atoms with Gasteiger partial charge in [0, 0.05) is 44.3 Å². The van der Waals surface area contributed by atoms with Crippen molar-refractivity contribution >= 4 is 29.1 Å². The minimum atomic E-state index is -0.105. The topological polar surface area (TPSA) is 58.1 Å². The minimum Gasteiger partial charge on any atom is -0.338 e. The number of aryl methyl sites for hydroxylation is 1. The number of hydrogen-bond donors (Lipinski definition) is 1. The smallest absolute Gasteiger partial charge is 0.257 e. The predicted molar refractivity (Wildman–Crippen MR) is 111 cm³/mol. The zero-order valence-electron chi connectivity index (χ0n) is 15.7. The maximum atomic E-state index is 13.0. The molecule has 0 radical (unpaired) electrons. The van der Waals surface area contributed by atoms with Crippen LogP contribution in [0.3, 0.4) is 0 Å². The fourth-order valence-corrected chi connectivity index (χ4v) is 4.83. The summed E-state index contributed by atoms with van der Waals surface area (Å²) in [6, 6.07) is 4.50. The highest BCUT2D eigenvalue weighted by molar-refractivity contribution is 6.39. The number of aromatic nitrogens is 2. The molecule has 1 aliphatic carbocycles. The van der Waals surface area contributed by atoms with Gasteiger partial charge in [0.05, 0.1) is 21.3 Å². The van der Waals surface area contributed by atoms with Gasteiger partial charge in [-0.1, -0.05) is 29.3 Å². The molecule has 2 aromatic rings. The van der Waals surface area contributed by atoms with Crippen LogP contribution in [0, 0.1) is 5.92 Å². The summed E-state index contributed by atoms with van der Waals surface area (Å²) in [7, 11) is 0. The highest BCUT2D eigenvalue weighted by Gasteiger charge is 2.28. The Morgan fingerprint density at radius 2 is 2.04 bits per heavy atom. The van der Waals surface area contributed by atoms with E-state index >= 15 is 0 Å². The lowest BCUT2D eigenvalue weighted by atomic mass is 9.91. The summed E-state index contributed by atoms with van der Waals surface area (Å²) < 4.78 is 0. The van der Waals surface area contributed by atoms with Crippen molar-refractivity contribution in [1.29, 1.82) is 0 Å². The summed E-state index contributed by atoms with van der Waals surface area (Å²) in [4.78, 5) is 23.4. The van der Waals surface area contributed by atoms with Gasteiger partial charge in [-0.15, -0.1) is 0 Å². The van der Waals surface area contributed by atoms with Crippen molar-refractivity contribution in [2.45, 2.75) is 38.1 Å². The summed E-state index contributed by atoms with van der Waals surface area (Å²) in [6.07, 6.45) is 10.3. The number of likely N-dealkylation sites (tertiary alicyclic amines) is 1. The number of amides is 1. The van der Waals surface area contributed by atoms with Crippen LogP contribution in [-0.2, 0) is 6.42 Å². The molecular formula is C21H24Cl2N4O. The third-order valence-corrected chi connectivity index (χ3v) is 6.29. The van der Waals surface area contributed by atoms with Crippen LogP contribution in [0.25, 0.3) is 0 Å². The normalized spacial score (nSPS) is 22.0. The number of fused-ring (bicyclic) bond motifs is 1. The Kier molecular flexibility index (Phi) is 6.14. The van der Waals surface area contributed by atoms with Crippen molar-refractivity contribution in [1.82, 2.24) is 20.2 Å². The molecule has 4 rings (SSSR count). The number of pyridine rings is 2. The third-order valence-electron chi connectivity index (χ3n) is 5.72. The van der Waals surface area contributed by atoms with Crippen LogP contribution < -0.4 is 5.32 Å². The van der Waals surface area contributed by atoms with Gasteiger partial charge in [0.2, 0.25) is 0 Å². The van der Waals surface area contributed by atoms with Crippen molar-refractivity contribution in [3.05, 3.63) is 57.6 Å². The van der Waals surface area contributed by atoms with Gasteiger partial charge < -0.3 is 10.2 Å². The van der Waals surface area contributed by atoms with Gasteiger partial charge in [0.1, 0.15) is 0 Å². The van der Waals surface area contributed by atoms with Crippen LogP contribution in [0.5, 0.6) is 0 Å². The van der Waals surface area contributed by atoms with E-state index < -0.39 is 0 Å². The molecule has 1 saturated heterocycles. The fraction of sp³-hybridized carbons (Fsp3) is 0.476. The lowest BCUT2D eigenvalue weighted by Gasteiger charge is -2.34. The van der Waals surface area contributed by atoms with E-state index in [1.807, 2.05) is 17.2 Å². The van der Waals surface area contributed by atoms with Gasteiger partial charge >= 0.3 is 0 Å². The Hall–Kier alpha value is -1.69. The number of rotatable bonds is 4. The van der Waals surface area contributed by atoms with Crippen LogP contribution in [-0.4, -0.2) is 40.4 Å². The molecule has 0 spiro atoms. The van der Waals surface area contributed by atoms with Gasteiger partial charge in [0.15, 0.2) is 0 Å². The van der Waals surface area contributed by atoms with Crippen molar-refractivity contribution in [2.75, 3.05) is 19.6 Å². The highest BCUT2D eigenvalue weighted by Crippen LogP contribution is 2.29. The second-order valence-corrected chi connectivity index (χ2v) is 8.45. The number of carbonyl (C=O) groups excluding carboxylic acids is 1. The van der Waals surface area contributed by atoms with Crippen molar-refractivity contribution in [2.24, 2.45) is 5.92 Å². The average Bonchev–Trinajstić information content (AvgIpc) is 2.72. The van der Waals surface area contributed by atoms with E-state index in [4.69, 9.17) is 23.2 Å². The zero-order valence-corrected chi connectivity index (χ0v) is 17.2. The highest BCUT2D eigenvalue weighted by atomic mass is 35.5. The number of hydrogen-bond acceptors (Lipinski definition) is 4. The van der Waals surface area contributed by atoms with Crippen LogP contribution in [0.4, 0.5) is 0 Å². The molecule has 1 N–H and O–H groups in total. The van der Waals surface area contributed by atoms with Crippen LogP contribution >= 0.6 is 23.2 Å². The lowest BCUT2D eigenvalue weighted by Crippen LogP contribution is -2.43. The van der Waals surface area contributed by atoms with E-state index in [2.05, 4.69) is 21.4 Å². The van der Waals surface area contributed by atoms with E-state index in [0.29, 0.717) is 34.1 Å². The minimum absolute atomic E-state index is 0.105. The second kappa shape index (κ2) is 8.76. The quantitative estimate of drug-likeness (QED) is 0.803. The molecule has 2 aliphatic rings. The second-order valence-electron chi connectivity index (χ2n) is 7.64. The van der Waals surface area contributed by atoms with Crippen molar-refractivity contribution in [3.8, 4) is 0 Å². The Morgan fingerprint density at radius 3 is 2.86 bits per heavy atom. The van der Waals surface area contributed by atoms with Crippen molar-refractivity contribution in [3.63, 3.8) is 0 Å². The van der Waals surface area contributed by atoms with Gasteiger partial charge in [-0.25, -0.2) is 0 Å². The number of carbonyl (C=O) groups is 1. The monoisotopic (exact) mass is 418 g/mol. The predicted octanol–water partition coefficient (Wildman–Crippen LogP) is 4.30. The summed E-state index contributed by atoms with van der Waals surface area (Å²) in [6.45, 7) is 2.32. The number of piperidine rings is 1. The first kappa shape index (κ1) is 19.6. The van der Waals surface area contributed by atoms with Gasteiger partial charge in [-0.05, 0) is 49.7 Å². The van der Waals surface area contributed by atoms with Crippen LogP contribution in [0.1, 0.15) is 53.3 Å². The third kappa shape index (κ3) is 4.17. The molecule has 1 fully saturated rings. The summed E-state index contributed by atoms with van der Waals surface area (Å²) >= 11 is 12.4. The maximum absolute atomic E-state index is 13.0. The Bertz CT molecular complexity index is 840. The number of halogens is 2. The molecule has 0 saturated carbocycles. The summed E-state index contributed by atoms with van der Waals surface area (Å²) in [5, 5.41) is 4.32. The van der Waals surface area contributed by atoms with Gasteiger partial charge in [0.25, 0.3) is 5.91 Å². The van der Waals surface area contributed by atoms with E-state index in [1.54, 1.807) is 0 Å². The number of nitrogens with zero attached hydrogens (tertiary/aromatic N) is 3. The molecule has 1 amide bonds. The first-order valence-corrected chi connectivity index (χ1v) is 10.6. The van der Waals surface area contributed by atoms with Crippen molar-refractivity contribution < 1.29 is 4.79 Å². The van der Waals surface area contributed by atoms with E-state index in [0.717, 1.165) is 38.8 Å². The molecule has 1 aliphatic heterocycles. The Morgan fingerprint density at radius 1 is 1.21 bits per heavy atom. The first-order valence-electron chi connectivity index (χ1n) is 9.89. The molecule has 2 unspecified atom stereocenters. The molecule has 7 heteroatoms. The number of nitrogens with one attached hydrogen (secondary N) is 1. The SMILES string of the molecule is O=C(c1c(Cl)cncc1Cl)N1CCCC(CNC2CCCc3cccnc32)C1. The summed E-state index contributed by atoms with van der Waals surface area (Å²) in [5.41, 5.74) is 2.90. The fourth-order valence-electron chi connectivity index (χ4n) is 4.31. The maximum Gasteiger partial charge on any atom is 0.257 e. The van der Waals surface area contributed by atoms with E-state index in [1.165, 1.54) is 30.1 Å². The molecule has 0 aromatic carbocycles. The largest absolute Gasteiger partial charge is 0.338 e. The van der Waals surface area contributed by atoms with Gasteiger partial charge in [-0.2, -0.15) is 0 Å². The first-order chi connectivity index (χ1) is 13.6. The molecule has 2 aromatic heterocycles. The zero-order chi connectivity index (χ0) is 19.5. The molecule has 5 nitrogen and oxygen atoms in total. The van der Waals surface area contributed by atoms with E-state index in [-0.39, 0.29) is 5.91 Å². The van der Waals surface area contributed by atoms with Gasteiger partial charge in [-0.3, -0.25) is 14.8 Å². The molecule has 148 valence electrons. The molecular weight excluding hydrogens is 395 g/mol. The lowest BCUT2D eigenvalue weighted by molar-refractivity contribution is 0.0671. The standard InChI is InChI=1S/C21H24Cl2N4O/c22-16-11-24-12-17(23)19(16)21(28)27-9-3-4-14(13-27)10-26-18-7-1-5-15-6-2-8-25-20(15)18/h2,6,8,11-12,14,18,26H,1,3-5,7,9-10,13H2. The Labute approximate surface area is 175 Å². The Balaban J connectivity index is 1.39. The van der Waals surface area contributed by atoms with Crippen LogP contribution in [0.15, 0.2) is 30.7 Å². The molecule has 3 heterocycles. The average molecular weight is 419 g/mol. The molecule has 28 heavy (non-hydrogen) atoms. The van der Waals surface area contributed by atoms with E-state index in [9.17, 15) is 4.79 Å². The summed E-state index contributed by atoms with van der Waals surface area (Å²) in [5.74, 6) is 0.304. The molecule has 0 bridgehead atoms. The van der Waals surface area contributed by atoms with Crippen LogP contribution in [0.2, 0.25) is 10.0 Å².